The topological polar surface area (TPSA) is 64.4 Å². The monoisotopic (exact) mass is 361 g/mol. The molecule has 0 atom stereocenters. The van der Waals surface area contributed by atoms with Gasteiger partial charge in [-0.15, -0.1) is 0 Å². The predicted molar refractivity (Wildman–Crippen MR) is 101 cm³/mol. The van der Waals surface area contributed by atoms with E-state index in [2.05, 4.69) is 5.10 Å². The van der Waals surface area contributed by atoms with Crippen LogP contribution in [0.15, 0.2) is 67.0 Å². The Labute approximate surface area is 157 Å². The van der Waals surface area contributed by atoms with Crippen molar-refractivity contribution in [2.24, 2.45) is 0 Å². The van der Waals surface area contributed by atoms with Crippen molar-refractivity contribution >= 4 is 17.6 Å². The van der Waals surface area contributed by atoms with Crippen LogP contribution in [0.4, 0.5) is 5.69 Å². The summed E-state index contributed by atoms with van der Waals surface area (Å²) in [4.78, 5) is 26.5. The van der Waals surface area contributed by atoms with Crippen LogP contribution in [-0.4, -0.2) is 34.8 Å². The highest BCUT2D eigenvalue weighted by molar-refractivity contribution is 5.98. The van der Waals surface area contributed by atoms with E-state index in [1.165, 1.54) is 0 Å². The van der Waals surface area contributed by atoms with Crippen LogP contribution in [0.5, 0.6) is 0 Å². The summed E-state index contributed by atoms with van der Waals surface area (Å²) in [6.07, 6.45) is 5.38. The first-order valence-electron chi connectivity index (χ1n) is 8.88. The number of aromatic nitrogens is 2. The number of rotatable bonds is 4. The third kappa shape index (κ3) is 3.60. The largest absolute Gasteiger partial charge is 0.452 e. The van der Waals surface area contributed by atoms with Gasteiger partial charge in [0.15, 0.2) is 6.61 Å². The number of carbonyl (C=O) groups excluding carboxylic acids is 2. The molecule has 0 aliphatic carbocycles. The van der Waals surface area contributed by atoms with E-state index in [9.17, 15) is 9.59 Å². The molecule has 4 rings (SSSR count). The molecule has 0 fully saturated rings. The Kier molecular flexibility index (Phi) is 4.70. The van der Waals surface area contributed by atoms with Gasteiger partial charge in [-0.05, 0) is 54.8 Å². The fraction of sp³-hybridized carbons (Fsp3) is 0.190. The Bertz CT molecular complexity index is 949. The Morgan fingerprint density at radius 2 is 1.85 bits per heavy atom. The second kappa shape index (κ2) is 7.45. The molecule has 6 heteroatoms. The Morgan fingerprint density at radius 1 is 1.04 bits per heavy atom. The number of aryl methyl sites for hydroxylation is 1. The maximum atomic E-state index is 12.5. The lowest BCUT2D eigenvalue weighted by Crippen LogP contribution is -2.38. The number of benzene rings is 2. The third-order valence-corrected chi connectivity index (χ3v) is 4.61. The maximum Gasteiger partial charge on any atom is 0.338 e. The number of hydrogen-bond acceptors (Lipinski definition) is 4. The molecule has 0 saturated carbocycles. The molecule has 2 heterocycles. The Hall–Kier alpha value is -3.41. The number of nitrogens with zero attached hydrogens (tertiary/aromatic N) is 3. The van der Waals surface area contributed by atoms with Gasteiger partial charge in [0.25, 0.3) is 5.91 Å². The van der Waals surface area contributed by atoms with Crippen molar-refractivity contribution in [3.8, 4) is 5.69 Å². The highest BCUT2D eigenvalue weighted by Gasteiger charge is 2.23. The van der Waals surface area contributed by atoms with Gasteiger partial charge in [0, 0.05) is 24.6 Å². The van der Waals surface area contributed by atoms with Gasteiger partial charge in [0.05, 0.1) is 11.3 Å². The quantitative estimate of drug-likeness (QED) is 0.670. The molecule has 0 bridgehead atoms. The van der Waals surface area contributed by atoms with Gasteiger partial charge in [-0.2, -0.15) is 5.10 Å². The molecule has 1 aliphatic heterocycles. The molecule has 1 aliphatic rings. The summed E-state index contributed by atoms with van der Waals surface area (Å²) in [7, 11) is 0. The molecule has 0 radical (unpaired) electrons. The third-order valence-electron chi connectivity index (χ3n) is 4.61. The molecule has 0 saturated heterocycles. The molecular weight excluding hydrogens is 342 g/mol. The SMILES string of the molecule is O=C(OCC(=O)N1CCCc2ccccc21)c1ccc(-n2cccn2)cc1. The zero-order chi connectivity index (χ0) is 18.6. The molecule has 3 aromatic rings. The first-order valence-corrected chi connectivity index (χ1v) is 8.88. The fourth-order valence-corrected chi connectivity index (χ4v) is 3.25. The molecule has 1 aromatic heterocycles. The van der Waals surface area contributed by atoms with Crippen LogP contribution in [0.1, 0.15) is 22.3 Å². The summed E-state index contributed by atoms with van der Waals surface area (Å²) < 4.78 is 6.94. The van der Waals surface area contributed by atoms with Crippen molar-refractivity contribution in [2.45, 2.75) is 12.8 Å². The van der Waals surface area contributed by atoms with E-state index in [1.54, 1.807) is 40.0 Å². The summed E-state index contributed by atoms with van der Waals surface area (Å²) in [6, 6.07) is 16.6. The maximum absolute atomic E-state index is 12.5. The van der Waals surface area contributed by atoms with Gasteiger partial charge < -0.3 is 9.64 Å². The van der Waals surface area contributed by atoms with Crippen molar-refractivity contribution in [3.63, 3.8) is 0 Å². The van der Waals surface area contributed by atoms with E-state index in [0.29, 0.717) is 12.1 Å². The van der Waals surface area contributed by atoms with Crippen LogP contribution in [0, 0.1) is 0 Å². The van der Waals surface area contributed by atoms with Crippen LogP contribution in [-0.2, 0) is 16.0 Å². The molecule has 0 spiro atoms. The minimum Gasteiger partial charge on any atom is -0.452 e. The van der Waals surface area contributed by atoms with Crippen molar-refractivity contribution < 1.29 is 14.3 Å². The van der Waals surface area contributed by atoms with Crippen LogP contribution in [0.25, 0.3) is 5.69 Å². The van der Waals surface area contributed by atoms with E-state index in [4.69, 9.17) is 4.74 Å². The highest BCUT2D eigenvalue weighted by atomic mass is 16.5. The van der Waals surface area contributed by atoms with E-state index in [0.717, 1.165) is 29.8 Å². The van der Waals surface area contributed by atoms with Crippen molar-refractivity contribution in [3.05, 3.63) is 78.1 Å². The number of amides is 1. The molecule has 27 heavy (non-hydrogen) atoms. The van der Waals surface area contributed by atoms with Gasteiger partial charge in [0.2, 0.25) is 0 Å². The van der Waals surface area contributed by atoms with E-state index < -0.39 is 5.97 Å². The van der Waals surface area contributed by atoms with Gasteiger partial charge in [0.1, 0.15) is 0 Å². The summed E-state index contributed by atoms with van der Waals surface area (Å²) in [6.45, 7) is 0.375. The molecule has 1 amide bonds. The molecular formula is C21H19N3O3. The first kappa shape index (κ1) is 17.0. The van der Waals surface area contributed by atoms with Gasteiger partial charge >= 0.3 is 5.97 Å². The minimum absolute atomic E-state index is 0.205. The summed E-state index contributed by atoms with van der Waals surface area (Å²) in [5, 5.41) is 4.14. The van der Waals surface area contributed by atoms with Crippen molar-refractivity contribution in [1.29, 1.82) is 0 Å². The molecule has 0 N–H and O–H groups in total. The van der Waals surface area contributed by atoms with E-state index >= 15 is 0 Å². The molecule has 2 aromatic carbocycles. The summed E-state index contributed by atoms with van der Waals surface area (Å²) in [5.41, 5.74) is 3.31. The van der Waals surface area contributed by atoms with Gasteiger partial charge in [-0.3, -0.25) is 4.79 Å². The molecule has 136 valence electrons. The zero-order valence-corrected chi connectivity index (χ0v) is 14.7. The first-order chi connectivity index (χ1) is 13.2. The van der Waals surface area contributed by atoms with E-state index in [-0.39, 0.29) is 12.5 Å². The molecule has 0 unspecified atom stereocenters. The van der Waals surface area contributed by atoms with Crippen LogP contribution < -0.4 is 4.90 Å². The number of fused-ring (bicyclic) bond motifs is 1. The average molecular weight is 361 g/mol. The lowest BCUT2D eigenvalue weighted by atomic mass is 10.0. The molecule has 6 nitrogen and oxygen atoms in total. The number of ether oxygens (including phenoxy) is 1. The second-order valence-corrected chi connectivity index (χ2v) is 6.35. The van der Waals surface area contributed by atoms with Gasteiger partial charge in [-0.25, -0.2) is 9.48 Å². The number of hydrogen-bond donors (Lipinski definition) is 0. The lowest BCUT2D eigenvalue weighted by Gasteiger charge is -2.29. The highest BCUT2D eigenvalue weighted by Crippen LogP contribution is 2.26. The standard InChI is InChI=1S/C21H19N3O3/c25-20(23-13-3-6-16-5-1-2-7-19(16)23)15-27-21(26)17-8-10-18(11-9-17)24-14-4-12-22-24/h1-2,4-5,7-12,14H,3,6,13,15H2. The number of anilines is 1. The summed E-state index contributed by atoms with van der Waals surface area (Å²) >= 11 is 0. The smallest absolute Gasteiger partial charge is 0.338 e. The number of para-hydroxylation sites is 1. The average Bonchev–Trinajstić information content (AvgIpc) is 3.26. The Balaban J connectivity index is 1.39. The van der Waals surface area contributed by atoms with Crippen molar-refractivity contribution in [2.75, 3.05) is 18.1 Å². The van der Waals surface area contributed by atoms with Gasteiger partial charge in [-0.1, -0.05) is 18.2 Å². The minimum atomic E-state index is -0.513. The van der Waals surface area contributed by atoms with Crippen LogP contribution in [0.2, 0.25) is 0 Å². The number of carbonyl (C=O) groups is 2. The zero-order valence-electron chi connectivity index (χ0n) is 14.7. The second-order valence-electron chi connectivity index (χ2n) is 6.35. The van der Waals surface area contributed by atoms with Crippen LogP contribution >= 0.6 is 0 Å². The normalized spacial score (nSPS) is 13.1. The number of esters is 1. The van der Waals surface area contributed by atoms with Crippen LogP contribution in [0.3, 0.4) is 0 Å². The van der Waals surface area contributed by atoms with E-state index in [1.807, 2.05) is 36.5 Å². The lowest BCUT2D eigenvalue weighted by molar-refractivity contribution is -0.121. The summed E-state index contributed by atoms with van der Waals surface area (Å²) in [5.74, 6) is -0.718. The predicted octanol–water partition coefficient (Wildman–Crippen LogP) is 3.01. The fourth-order valence-electron chi connectivity index (χ4n) is 3.25. The van der Waals surface area contributed by atoms with Crippen molar-refractivity contribution in [1.82, 2.24) is 9.78 Å². The Morgan fingerprint density at radius 3 is 2.63 bits per heavy atom.